The maximum absolute atomic E-state index is 12.4. The second-order valence-electron chi connectivity index (χ2n) is 5.38. The van der Waals surface area contributed by atoms with Crippen molar-refractivity contribution in [1.82, 2.24) is 0 Å². The fraction of sp³-hybridized carbons (Fsp3) is 0.278. The Kier molecular flexibility index (Phi) is 4.26. The quantitative estimate of drug-likeness (QED) is 0.736. The zero-order valence-corrected chi connectivity index (χ0v) is 12.5. The van der Waals surface area contributed by atoms with Crippen LogP contribution in [0.5, 0.6) is 5.75 Å². The average molecular weight is 301 g/mol. The highest BCUT2D eigenvalue weighted by molar-refractivity contribution is 6.30. The highest BCUT2D eigenvalue weighted by atomic mass is 35.5. The van der Waals surface area contributed by atoms with E-state index < -0.39 is 0 Å². The average Bonchev–Trinajstić information content (AvgIpc) is 2.45. The largest absolute Gasteiger partial charge is 0.485 e. The predicted molar refractivity (Wildman–Crippen MR) is 84.3 cm³/mol. The number of carbonyl (C=O) groups excluding carboxylic acids is 1. The Hall–Kier alpha value is -1.80. The predicted octanol–water partition coefficient (Wildman–Crippen LogP) is 4.87. The Balaban J connectivity index is 1.69. The van der Waals surface area contributed by atoms with E-state index in [1.165, 1.54) is 24.8 Å². The van der Waals surface area contributed by atoms with Gasteiger partial charge in [0.15, 0.2) is 12.4 Å². The molecule has 108 valence electrons. The lowest BCUT2D eigenvalue weighted by Crippen LogP contribution is -2.17. The van der Waals surface area contributed by atoms with Crippen molar-refractivity contribution >= 4 is 17.4 Å². The molecule has 0 unspecified atom stereocenters. The van der Waals surface area contributed by atoms with E-state index in [4.69, 9.17) is 16.3 Å². The van der Waals surface area contributed by atoms with E-state index in [0.29, 0.717) is 16.7 Å². The Morgan fingerprint density at radius 3 is 2.48 bits per heavy atom. The van der Waals surface area contributed by atoms with Crippen LogP contribution in [0.1, 0.15) is 41.1 Å². The first kappa shape index (κ1) is 14.2. The van der Waals surface area contributed by atoms with Crippen molar-refractivity contribution in [3.05, 3.63) is 64.7 Å². The maximum atomic E-state index is 12.4. The van der Waals surface area contributed by atoms with Crippen molar-refractivity contribution in [2.75, 3.05) is 6.61 Å². The van der Waals surface area contributed by atoms with Gasteiger partial charge in [0.2, 0.25) is 0 Å². The molecule has 0 spiro atoms. The molecule has 2 aromatic rings. The van der Waals surface area contributed by atoms with Crippen molar-refractivity contribution in [3.63, 3.8) is 0 Å². The van der Waals surface area contributed by atoms with Gasteiger partial charge < -0.3 is 4.74 Å². The van der Waals surface area contributed by atoms with Gasteiger partial charge in [0, 0.05) is 10.6 Å². The molecule has 0 aliphatic heterocycles. The molecule has 1 aliphatic rings. The van der Waals surface area contributed by atoms with Crippen molar-refractivity contribution in [1.29, 1.82) is 0 Å². The summed E-state index contributed by atoms with van der Waals surface area (Å²) in [6.07, 6.45) is 3.62. The number of hydrogen-bond acceptors (Lipinski definition) is 2. The second kappa shape index (κ2) is 6.31. The first-order chi connectivity index (χ1) is 10.2. The molecule has 1 saturated carbocycles. The van der Waals surface area contributed by atoms with Crippen LogP contribution in [0.25, 0.3) is 0 Å². The molecule has 0 N–H and O–H groups in total. The lowest BCUT2D eigenvalue weighted by atomic mass is 9.77. The number of Topliss-reactive ketones (excluding diaryl/α,β-unsaturated/α-hetero) is 1. The molecule has 1 fully saturated rings. The maximum Gasteiger partial charge on any atom is 0.200 e. The third-order valence-corrected chi connectivity index (χ3v) is 4.24. The molecule has 0 saturated heterocycles. The Labute approximate surface area is 129 Å². The molecule has 2 nitrogen and oxygen atoms in total. The summed E-state index contributed by atoms with van der Waals surface area (Å²) in [6.45, 7) is 0.0609. The van der Waals surface area contributed by atoms with Gasteiger partial charge in [-0.05, 0) is 48.6 Å². The number of ether oxygens (including phenoxy) is 1. The molecular weight excluding hydrogens is 284 g/mol. The lowest BCUT2D eigenvalue weighted by molar-refractivity contribution is 0.0919. The zero-order valence-electron chi connectivity index (χ0n) is 11.7. The van der Waals surface area contributed by atoms with Crippen LogP contribution in [-0.4, -0.2) is 12.4 Å². The van der Waals surface area contributed by atoms with Crippen molar-refractivity contribution in [3.8, 4) is 5.75 Å². The molecule has 0 radical (unpaired) electrons. The minimum absolute atomic E-state index is 0.0347. The third kappa shape index (κ3) is 3.27. The van der Waals surface area contributed by atoms with Gasteiger partial charge in [0.1, 0.15) is 5.75 Å². The van der Waals surface area contributed by atoms with Crippen LogP contribution < -0.4 is 4.74 Å². The normalized spacial score (nSPS) is 14.5. The number of hydrogen-bond donors (Lipinski definition) is 0. The van der Waals surface area contributed by atoms with E-state index in [1.807, 2.05) is 18.2 Å². The molecule has 1 aliphatic carbocycles. The monoisotopic (exact) mass is 300 g/mol. The van der Waals surface area contributed by atoms with E-state index in [9.17, 15) is 4.79 Å². The smallest absolute Gasteiger partial charge is 0.200 e. The first-order valence-corrected chi connectivity index (χ1v) is 7.62. The van der Waals surface area contributed by atoms with Crippen molar-refractivity contribution in [2.24, 2.45) is 0 Å². The standard InChI is InChI=1S/C18H17ClO2/c19-14-8-10-15(11-9-14)21-12-18(20)17-7-2-1-6-16(17)13-4-3-5-13/h1-2,6-11,13H,3-5,12H2. The van der Waals surface area contributed by atoms with Crippen LogP contribution in [0.15, 0.2) is 48.5 Å². The van der Waals surface area contributed by atoms with Crippen LogP contribution in [0.2, 0.25) is 5.02 Å². The topological polar surface area (TPSA) is 26.3 Å². The highest BCUT2D eigenvalue weighted by Gasteiger charge is 2.24. The van der Waals surface area contributed by atoms with E-state index in [0.717, 1.165) is 5.56 Å². The van der Waals surface area contributed by atoms with Gasteiger partial charge in [-0.1, -0.05) is 42.3 Å². The van der Waals surface area contributed by atoms with Gasteiger partial charge in [-0.2, -0.15) is 0 Å². The van der Waals surface area contributed by atoms with Crippen LogP contribution in [0.4, 0.5) is 0 Å². The van der Waals surface area contributed by atoms with Gasteiger partial charge in [-0.15, -0.1) is 0 Å². The second-order valence-corrected chi connectivity index (χ2v) is 5.82. The van der Waals surface area contributed by atoms with Crippen LogP contribution in [0, 0.1) is 0 Å². The number of carbonyl (C=O) groups is 1. The number of ketones is 1. The number of halogens is 1. The molecule has 0 amide bonds. The van der Waals surface area contributed by atoms with Crippen LogP contribution >= 0.6 is 11.6 Å². The highest BCUT2D eigenvalue weighted by Crippen LogP contribution is 2.38. The fourth-order valence-corrected chi connectivity index (χ4v) is 2.71. The van der Waals surface area contributed by atoms with Gasteiger partial charge in [-0.25, -0.2) is 0 Å². The van der Waals surface area contributed by atoms with Gasteiger partial charge >= 0.3 is 0 Å². The summed E-state index contributed by atoms with van der Waals surface area (Å²) >= 11 is 5.83. The summed E-state index contributed by atoms with van der Waals surface area (Å²) in [6, 6.07) is 14.9. The third-order valence-electron chi connectivity index (χ3n) is 3.99. The SMILES string of the molecule is O=C(COc1ccc(Cl)cc1)c1ccccc1C1CCC1. The lowest BCUT2D eigenvalue weighted by Gasteiger charge is -2.27. The molecule has 0 atom stereocenters. The van der Waals surface area contributed by atoms with Crippen LogP contribution in [0.3, 0.4) is 0 Å². The Bertz CT molecular complexity index is 630. The summed E-state index contributed by atoms with van der Waals surface area (Å²) in [5, 5.41) is 0.656. The molecule has 21 heavy (non-hydrogen) atoms. The molecule has 0 bridgehead atoms. The Morgan fingerprint density at radius 2 is 1.81 bits per heavy atom. The number of benzene rings is 2. The fourth-order valence-electron chi connectivity index (χ4n) is 2.58. The Morgan fingerprint density at radius 1 is 1.10 bits per heavy atom. The van der Waals surface area contributed by atoms with Crippen molar-refractivity contribution in [2.45, 2.75) is 25.2 Å². The van der Waals surface area contributed by atoms with E-state index in [1.54, 1.807) is 24.3 Å². The van der Waals surface area contributed by atoms with E-state index in [-0.39, 0.29) is 12.4 Å². The summed E-state index contributed by atoms with van der Waals surface area (Å²) in [4.78, 5) is 12.4. The minimum atomic E-state index is 0.0347. The minimum Gasteiger partial charge on any atom is -0.485 e. The molecule has 0 heterocycles. The summed E-state index contributed by atoms with van der Waals surface area (Å²) in [5.74, 6) is 1.24. The van der Waals surface area contributed by atoms with Gasteiger partial charge in [0.05, 0.1) is 0 Å². The first-order valence-electron chi connectivity index (χ1n) is 7.24. The van der Waals surface area contributed by atoms with Crippen LogP contribution in [-0.2, 0) is 0 Å². The van der Waals surface area contributed by atoms with Gasteiger partial charge in [0.25, 0.3) is 0 Å². The molecule has 0 aromatic heterocycles. The molecule has 3 rings (SSSR count). The van der Waals surface area contributed by atoms with Crippen molar-refractivity contribution < 1.29 is 9.53 Å². The molecule has 3 heteroatoms. The summed E-state index contributed by atoms with van der Waals surface area (Å²) < 4.78 is 5.56. The van der Waals surface area contributed by atoms with E-state index >= 15 is 0 Å². The summed E-state index contributed by atoms with van der Waals surface area (Å²) in [7, 11) is 0. The molecular formula is C18H17ClO2. The number of rotatable bonds is 5. The van der Waals surface area contributed by atoms with Gasteiger partial charge in [-0.3, -0.25) is 4.79 Å². The van der Waals surface area contributed by atoms with E-state index in [2.05, 4.69) is 6.07 Å². The zero-order chi connectivity index (χ0) is 14.7. The summed E-state index contributed by atoms with van der Waals surface area (Å²) in [5.41, 5.74) is 1.98. The molecule has 2 aromatic carbocycles.